The zero-order valence-corrected chi connectivity index (χ0v) is 14.6. The average Bonchev–Trinajstić information content (AvgIpc) is 2.76. The summed E-state index contributed by atoms with van der Waals surface area (Å²) < 4.78 is 0. The molecule has 0 radical (unpaired) electrons. The van der Waals surface area contributed by atoms with Gasteiger partial charge in [0, 0.05) is 22.4 Å². The standard InChI is InChI=1S/C24H10N4/c25-11-16-10-18-17-6-3-7-28-24(17)20-9-15-5-2-1-4-14(15)8-19(20)23(18)22(13-27)21(16)12-26/h1-10H. The SMILES string of the molecule is N#Cc1cc2c3cccnc3c3cc4ccccc4cc3c2c(C#N)c1C#N. The van der Waals surface area contributed by atoms with E-state index in [9.17, 15) is 15.8 Å². The second-order valence-electron chi connectivity index (χ2n) is 6.58. The van der Waals surface area contributed by atoms with Crippen molar-refractivity contribution in [1.82, 2.24) is 4.98 Å². The van der Waals surface area contributed by atoms with Crippen LogP contribution in [0, 0.1) is 34.0 Å². The van der Waals surface area contributed by atoms with Crippen molar-refractivity contribution >= 4 is 43.2 Å². The van der Waals surface area contributed by atoms with Crippen LogP contribution in [0.25, 0.3) is 43.2 Å². The molecular weight excluding hydrogens is 344 g/mol. The number of hydrogen-bond donors (Lipinski definition) is 0. The molecule has 4 aromatic carbocycles. The molecule has 5 rings (SSSR count). The van der Waals surface area contributed by atoms with Crippen LogP contribution in [0.3, 0.4) is 0 Å². The first-order valence-electron chi connectivity index (χ1n) is 8.67. The molecule has 0 bridgehead atoms. The fourth-order valence-electron chi connectivity index (χ4n) is 3.97. The van der Waals surface area contributed by atoms with E-state index in [-0.39, 0.29) is 16.7 Å². The molecule has 4 nitrogen and oxygen atoms in total. The van der Waals surface area contributed by atoms with Gasteiger partial charge in [-0.15, -0.1) is 0 Å². The molecule has 4 heteroatoms. The van der Waals surface area contributed by atoms with Gasteiger partial charge in [0.1, 0.15) is 18.2 Å². The molecule has 0 atom stereocenters. The zero-order chi connectivity index (χ0) is 19.3. The number of hydrogen-bond acceptors (Lipinski definition) is 4. The van der Waals surface area contributed by atoms with E-state index >= 15 is 0 Å². The van der Waals surface area contributed by atoms with E-state index in [0.717, 1.165) is 37.8 Å². The van der Waals surface area contributed by atoms with Gasteiger partial charge < -0.3 is 0 Å². The van der Waals surface area contributed by atoms with Crippen molar-refractivity contribution in [2.45, 2.75) is 0 Å². The number of aromatic nitrogens is 1. The smallest absolute Gasteiger partial charge is 0.102 e. The van der Waals surface area contributed by atoms with Crippen molar-refractivity contribution in [3.05, 3.63) is 77.5 Å². The maximum Gasteiger partial charge on any atom is 0.102 e. The third-order valence-electron chi connectivity index (χ3n) is 5.18. The van der Waals surface area contributed by atoms with Crippen LogP contribution in [0.15, 0.2) is 60.8 Å². The lowest BCUT2D eigenvalue weighted by atomic mass is 9.88. The van der Waals surface area contributed by atoms with E-state index in [1.54, 1.807) is 12.3 Å². The highest BCUT2D eigenvalue weighted by Crippen LogP contribution is 2.39. The number of pyridine rings is 1. The minimum absolute atomic E-state index is 0.121. The quantitative estimate of drug-likeness (QED) is 0.279. The highest BCUT2D eigenvalue weighted by Gasteiger charge is 2.19. The Morgan fingerprint density at radius 2 is 1.32 bits per heavy atom. The Morgan fingerprint density at radius 1 is 0.643 bits per heavy atom. The topological polar surface area (TPSA) is 84.3 Å². The van der Waals surface area contributed by atoms with Crippen molar-refractivity contribution in [1.29, 1.82) is 15.8 Å². The molecule has 0 N–H and O–H groups in total. The molecule has 1 heterocycles. The third-order valence-corrected chi connectivity index (χ3v) is 5.18. The molecule has 0 aliphatic heterocycles. The lowest BCUT2D eigenvalue weighted by Crippen LogP contribution is -1.95. The van der Waals surface area contributed by atoms with Crippen molar-refractivity contribution < 1.29 is 0 Å². The summed E-state index contributed by atoms with van der Waals surface area (Å²) in [5.41, 5.74) is 1.38. The molecule has 0 spiro atoms. The number of nitriles is 3. The van der Waals surface area contributed by atoms with Gasteiger partial charge in [0.15, 0.2) is 0 Å². The molecule has 0 saturated heterocycles. The summed E-state index contributed by atoms with van der Waals surface area (Å²) in [6.07, 6.45) is 1.74. The Kier molecular flexibility index (Phi) is 3.25. The van der Waals surface area contributed by atoms with Gasteiger partial charge in [0.2, 0.25) is 0 Å². The predicted octanol–water partition coefficient (Wildman–Crippen LogP) is 5.31. The van der Waals surface area contributed by atoms with Crippen LogP contribution in [-0.2, 0) is 0 Å². The first-order chi connectivity index (χ1) is 13.8. The van der Waals surface area contributed by atoms with Gasteiger partial charge in [-0.2, -0.15) is 15.8 Å². The van der Waals surface area contributed by atoms with Crippen LogP contribution in [0.1, 0.15) is 16.7 Å². The lowest BCUT2D eigenvalue weighted by molar-refractivity contribution is 1.41. The minimum atomic E-state index is 0.121. The monoisotopic (exact) mass is 354 g/mol. The Labute approximate surface area is 160 Å². The summed E-state index contributed by atoms with van der Waals surface area (Å²) in [4.78, 5) is 4.59. The van der Waals surface area contributed by atoms with E-state index in [4.69, 9.17) is 0 Å². The maximum atomic E-state index is 9.89. The first kappa shape index (κ1) is 15.8. The van der Waals surface area contributed by atoms with Crippen LogP contribution in [0.2, 0.25) is 0 Å². The summed E-state index contributed by atoms with van der Waals surface area (Å²) in [6.45, 7) is 0. The van der Waals surface area contributed by atoms with Crippen molar-refractivity contribution in [2.24, 2.45) is 0 Å². The summed E-state index contributed by atoms with van der Waals surface area (Å²) in [7, 11) is 0. The van der Waals surface area contributed by atoms with Gasteiger partial charge in [-0.05, 0) is 45.8 Å². The molecule has 0 fully saturated rings. The summed E-state index contributed by atoms with van der Waals surface area (Å²) >= 11 is 0. The van der Waals surface area contributed by atoms with Crippen molar-refractivity contribution in [3.8, 4) is 18.2 Å². The largest absolute Gasteiger partial charge is 0.256 e. The van der Waals surface area contributed by atoms with Crippen LogP contribution in [0.4, 0.5) is 0 Å². The van der Waals surface area contributed by atoms with E-state index in [2.05, 4.69) is 23.2 Å². The van der Waals surface area contributed by atoms with E-state index in [1.807, 2.05) is 48.5 Å². The lowest BCUT2D eigenvalue weighted by Gasteiger charge is -2.13. The second kappa shape index (κ2) is 5.78. The van der Waals surface area contributed by atoms with Crippen molar-refractivity contribution in [2.75, 3.05) is 0 Å². The van der Waals surface area contributed by atoms with E-state index in [0.29, 0.717) is 5.39 Å². The molecule has 126 valence electrons. The Hall–Kier alpha value is -4.46. The molecule has 1 aromatic heterocycles. The molecule has 0 amide bonds. The Morgan fingerprint density at radius 3 is 2.00 bits per heavy atom. The molecule has 28 heavy (non-hydrogen) atoms. The van der Waals surface area contributed by atoms with Gasteiger partial charge in [-0.3, -0.25) is 4.98 Å². The van der Waals surface area contributed by atoms with E-state index < -0.39 is 0 Å². The molecule has 0 aliphatic rings. The van der Waals surface area contributed by atoms with Gasteiger partial charge in [-0.1, -0.05) is 30.3 Å². The fourth-order valence-corrected chi connectivity index (χ4v) is 3.97. The number of nitrogens with zero attached hydrogens (tertiary/aromatic N) is 4. The van der Waals surface area contributed by atoms with Crippen molar-refractivity contribution in [3.63, 3.8) is 0 Å². The van der Waals surface area contributed by atoms with Crippen LogP contribution < -0.4 is 0 Å². The predicted molar refractivity (Wildman–Crippen MR) is 108 cm³/mol. The summed E-state index contributed by atoms with van der Waals surface area (Å²) in [6, 6.07) is 23.9. The molecular formula is C24H10N4. The van der Waals surface area contributed by atoms with Crippen LogP contribution in [-0.4, -0.2) is 4.98 Å². The molecule has 0 aliphatic carbocycles. The number of fused-ring (bicyclic) bond motifs is 7. The first-order valence-corrected chi connectivity index (χ1v) is 8.67. The zero-order valence-electron chi connectivity index (χ0n) is 14.6. The highest BCUT2D eigenvalue weighted by molar-refractivity contribution is 6.27. The molecule has 5 aromatic rings. The van der Waals surface area contributed by atoms with Gasteiger partial charge in [0.05, 0.1) is 22.2 Å². The van der Waals surface area contributed by atoms with Gasteiger partial charge >= 0.3 is 0 Å². The fraction of sp³-hybridized carbons (Fsp3) is 0. The third kappa shape index (κ3) is 1.99. The highest BCUT2D eigenvalue weighted by atomic mass is 14.6. The van der Waals surface area contributed by atoms with Crippen LogP contribution >= 0.6 is 0 Å². The molecule has 0 unspecified atom stereocenters. The minimum Gasteiger partial charge on any atom is -0.256 e. The number of benzene rings is 4. The van der Waals surface area contributed by atoms with E-state index in [1.165, 1.54) is 0 Å². The van der Waals surface area contributed by atoms with Gasteiger partial charge in [0.25, 0.3) is 0 Å². The van der Waals surface area contributed by atoms with Crippen LogP contribution in [0.5, 0.6) is 0 Å². The second-order valence-corrected chi connectivity index (χ2v) is 6.58. The molecule has 0 saturated carbocycles. The van der Waals surface area contributed by atoms with Gasteiger partial charge in [-0.25, -0.2) is 0 Å². The summed E-state index contributed by atoms with van der Waals surface area (Å²) in [5, 5.41) is 35.2. The normalized spacial score (nSPS) is 10.8. The Bertz CT molecular complexity index is 1590. The summed E-state index contributed by atoms with van der Waals surface area (Å²) in [5.74, 6) is 0. The number of rotatable bonds is 0. The Balaban J connectivity index is 2.21. The average molecular weight is 354 g/mol. The maximum absolute atomic E-state index is 9.89.